The predicted octanol–water partition coefficient (Wildman–Crippen LogP) is 2.94. The van der Waals surface area contributed by atoms with Gasteiger partial charge in [-0.25, -0.2) is 4.98 Å². The van der Waals surface area contributed by atoms with E-state index >= 15 is 0 Å². The summed E-state index contributed by atoms with van der Waals surface area (Å²) in [4.78, 5) is 16.4. The quantitative estimate of drug-likeness (QED) is 0.884. The summed E-state index contributed by atoms with van der Waals surface area (Å²) in [7, 11) is 0. The zero-order chi connectivity index (χ0) is 17.4. The summed E-state index contributed by atoms with van der Waals surface area (Å²) in [6, 6.07) is 3.69. The number of hydrogen-bond donors (Lipinski definition) is 2. The van der Waals surface area contributed by atoms with E-state index in [0.717, 1.165) is 12.2 Å². The molecular weight excluding hydrogens is 326 g/mol. The molecule has 1 aliphatic rings. The first kappa shape index (κ1) is 16.8. The lowest BCUT2D eigenvalue weighted by Crippen LogP contribution is -2.38. The highest BCUT2D eigenvalue weighted by Crippen LogP contribution is 2.38. The molecule has 0 saturated carbocycles. The van der Waals surface area contributed by atoms with Crippen LogP contribution in [0.3, 0.4) is 0 Å². The van der Waals surface area contributed by atoms with E-state index in [1.54, 1.807) is 23.8 Å². The number of ether oxygens (including phenoxy) is 1. The van der Waals surface area contributed by atoms with Gasteiger partial charge in [0.05, 0.1) is 22.8 Å². The lowest BCUT2D eigenvalue weighted by molar-refractivity contribution is -0.0662. The number of pyridine rings is 1. The van der Waals surface area contributed by atoms with Gasteiger partial charge in [-0.3, -0.25) is 10.1 Å². The van der Waals surface area contributed by atoms with Gasteiger partial charge in [0.1, 0.15) is 11.3 Å². The van der Waals surface area contributed by atoms with Crippen LogP contribution in [0.1, 0.15) is 44.5 Å². The number of aromatic nitrogens is 3. The van der Waals surface area contributed by atoms with Crippen LogP contribution in [0, 0.1) is 0 Å². The number of amides is 1. The van der Waals surface area contributed by atoms with Crippen LogP contribution in [-0.2, 0) is 4.74 Å². The monoisotopic (exact) mass is 347 g/mol. The molecule has 1 atom stereocenters. The highest BCUT2D eigenvalue weighted by molar-refractivity contribution is 7.13. The molecule has 24 heavy (non-hydrogen) atoms. The Morgan fingerprint density at radius 1 is 1.33 bits per heavy atom. The minimum Gasteiger partial charge on any atom is -0.367 e. The van der Waals surface area contributed by atoms with Crippen molar-refractivity contribution in [3.63, 3.8) is 0 Å². The molecule has 2 N–H and O–H groups in total. The van der Waals surface area contributed by atoms with Crippen molar-refractivity contribution in [2.45, 2.75) is 51.4 Å². The van der Waals surface area contributed by atoms with E-state index in [1.165, 1.54) is 11.3 Å². The Kier molecular flexibility index (Phi) is 4.27. The maximum Gasteiger partial charge on any atom is 0.259 e. The zero-order valence-corrected chi connectivity index (χ0v) is 15.0. The standard InChI is InChI=1S/C16H21N5O2S/c1-15(2)7-11(16(3,4)23-15)19-12-6-5-10(8-17-12)13(22)20-14-21-18-9-24-14/h5-6,8-9,11H,7H2,1-4H3,(H,17,19)(H,20,21,22). The number of nitrogens with one attached hydrogen (secondary N) is 2. The van der Waals surface area contributed by atoms with Gasteiger partial charge < -0.3 is 10.1 Å². The van der Waals surface area contributed by atoms with Gasteiger partial charge in [-0.1, -0.05) is 11.3 Å². The van der Waals surface area contributed by atoms with Crippen LogP contribution in [-0.4, -0.2) is 38.3 Å². The van der Waals surface area contributed by atoms with Gasteiger partial charge >= 0.3 is 0 Å². The Labute approximate surface area is 144 Å². The Morgan fingerprint density at radius 2 is 2.12 bits per heavy atom. The van der Waals surface area contributed by atoms with Gasteiger partial charge in [0.15, 0.2) is 0 Å². The molecule has 0 aromatic carbocycles. The van der Waals surface area contributed by atoms with Crippen LogP contribution in [0.15, 0.2) is 23.8 Å². The first-order valence-electron chi connectivity index (χ1n) is 7.75. The van der Waals surface area contributed by atoms with E-state index in [4.69, 9.17) is 4.74 Å². The number of rotatable bonds is 4. The lowest BCUT2D eigenvalue weighted by Gasteiger charge is -2.28. The van der Waals surface area contributed by atoms with Crippen LogP contribution >= 0.6 is 11.3 Å². The topological polar surface area (TPSA) is 89.0 Å². The third-order valence-corrected chi connectivity index (χ3v) is 4.61. The molecule has 1 aliphatic heterocycles. The number of hydrogen-bond acceptors (Lipinski definition) is 7. The van der Waals surface area contributed by atoms with E-state index in [2.05, 4.69) is 53.5 Å². The SMILES string of the molecule is CC1(C)CC(Nc2ccc(C(=O)Nc3nncs3)cn2)C(C)(C)O1. The number of carbonyl (C=O) groups is 1. The average Bonchev–Trinajstić information content (AvgIpc) is 3.05. The summed E-state index contributed by atoms with van der Waals surface area (Å²) in [5, 5.41) is 14.0. The third kappa shape index (κ3) is 3.70. The van der Waals surface area contributed by atoms with Crippen LogP contribution in [0.4, 0.5) is 10.9 Å². The molecule has 2 aromatic heterocycles. The van der Waals surface area contributed by atoms with Crippen LogP contribution < -0.4 is 10.6 Å². The molecule has 1 unspecified atom stereocenters. The molecule has 0 spiro atoms. The largest absolute Gasteiger partial charge is 0.367 e. The van der Waals surface area contributed by atoms with Crippen molar-refractivity contribution in [1.29, 1.82) is 0 Å². The van der Waals surface area contributed by atoms with Gasteiger partial charge in [-0.05, 0) is 46.2 Å². The fourth-order valence-corrected chi connectivity index (χ4v) is 3.42. The van der Waals surface area contributed by atoms with Crippen LogP contribution in [0.5, 0.6) is 0 Å². The molecule has 8 heteroatoms. The molecule has 7 nitrogen and oxygen atoms in total. The molecule has 2 aromatic rings. The van der Waals surface area contributed by atoms with Gasteiger partial charge in [-0.15, -0.1) is 10.2 Å². The summed E-state index contributed by atoms with van der Waals surface area (Å²) < 4.78 is 6.08. The smallest absolute Gasteiger partial charge is 0.259 e. The first-order valence-corrected chi connectivity index (χ1v) is 8.63. The number of nitrogens with zero attached hydrogens (tertiary/aromatic N) is 3. The molecular formula is C16H21N5O2S. The van der Waals surface area contributed by atoms with Crippen molar-refractivity contribution in [3.8, 4) is 0 Å². The summed E-state index contributed by atoms with van der Waals surface area (Å²) in [5.41, 5.74) is 1.59. The second kappa shape index (κ2) is 6.10. The molecule has 0 radical (unpaired) electrons. The second-order valence-electron chi connectivity index (χ2n) is 7.00. The summed E-state index contributed by atoms with van der Waals surface area (Å²) in [6.07, 6.45) is 2.44. The zero-order valence-electron chi connectivity index (χ0n) is 14.2. The van der Waals surface area contributed by atoms with E-state index < -0.39 is 0 Å². The van der Waals surface area contributed by atoms with Crippen molar-refractivity contribution in [3.05, 3.63) is 29.4 Å². The number of anilines is 2. The summed E-state index contributed by atoms with van der Waals surface area (Å²) >= 11 is 1.27. The van der Waals surface area contributed by atoms with E-state index in [1.807, 2.05) is 0 Å². The van der Waals surface area contributed by atoms with Gasteiger partial charge in [0.25, 0.3) is 5.91 Å². The van der Waals surface area contributed by atoms with Crippen LogP contribution in [0.25, 0.3) is 0 Å². The second-order valence-corrected chi connectivity index (χ2v) is 7.83. The Hall–Kier alpha value is -2.06. The molecule has 3 heterocycles. The number of carbonyl (C=O) groups excluding carboxylic acids is 1. The van der Waals surface area contributed by atoms with E-state index in [0.29, 0.717) is 10.7 Å². The highest BCUT2D eigenvalue weighted by atomic mass is 32.1. The molecule has 1 amide bonds. The molecule has 3 rings (SSSR count). The lowest BCUT2D eigenvalue weighted by atomic mass is 9.94. The molecule has 128 valence electrons. The summed E-state index contributed by atoms with van der Waals surface area (Å²) in [6.45, 7) is 8.32. The van der Waals surface area contributed by atoms with Crippen LogP contribution in [0.2, 0.25) is 0 Å². The maximum absolute atomic E-state index is 12.1. The molecule has 0 aliphatic carbocycles. The maximum atomic E-state index is 12.1. The molecule has 1 fully saturated rings. The van der Waals surface area contributed by atoms with Gasteiger partial charge in [-0.2, -0.15) is 0 Å². The fraction of sp³-hybridized carbons (Fsp3) is 0.500. The predicted molar refractivity (Wildman–Crippen MR) is 93.4 cm³/mol. The Balaban J connectivity index is 1.65. The molecule has 1 saturated heterocycles. The Morgan fingerprint density at radius 3 is 2.67 bits per heavy atom. The van der Waals surface area contributed by atoms with Crippen molar-refractivity contribution >= 4 is 28.2 Å². The minimum absolute atomic E-state index is 0.154. The minimum atomic E-state index is -0.279. The Bertz CT molecular complexity index is 713. The van der Waals surface area contributed by atoms with Gasteiger partial charge in [0.2, 0.25) is 5.13 Å². The van der Waals surface area contributed by atoms with E-state index in [9.17, 15) is 4.79 Å². The van der Waals surface area contributed by atoms with Crippen molar-refractivity contribution in [2.24, 2.45) is 0 Å². The third-order valence-electron chi connectivity index (χ3n) is 4.00. The first-order chi connectivity index (χ1) is 11.3. The van der Waals surface area contributed by atoms with Crippen molar-refractivity contribution < 1.29 is 9.53 Å². The summed E-state index contributed by atoms with van der Waals surface area (Å²) in [5.74, 6) is 0.471. The highest BCUT2D eigenvalue weighted by Gasteiger charge is 2.45. The van der Waals surface area contributed by atoms with Gasteiger partial charge in [0, 0.05) is 6.20 Å². The normalized spacial score (nSPS) is 21.4. The molecule has 0 bridgehead atoms. The van der Waals surface area contributed by atoms with Crippen molar-refractivity contribution in [2.75, 3.05) is 10.6 Å². The fourth-order valence-electron chi connectivity index (χ4n) is 2.98. The van der Waals surface area contributed by atoms with E-state index in [-0.39, 0.29) is 23.2 Å². The average molecular weight is 347 g/mol. The van der Waals surface area contributed by atoms with Crippen molar-refractivity contribution in [1.82, 2.24) is 15.2 Å².